The third-order valence-corrected chi connectivity index (χ3v) is 7.02. The summed E-state index contributed by atoms with van der Waals surface area (Å²) in [7, 11) is -1.36. The fourth-order valence-electron chi connectivity index (χ4n) is 3.89. The van der Waals surface area contributed by atoms with Gasteiger partial charge in [-0.3, -0.25) is 9.36 Å². The van der Waals surface area contributed by atoms with E-state index in [0.717, 1.165) is 31.2 Å². The van der Waals surface area contributed by atoms with Gasteiger partial charge < -0.3 is 5.32 Å². The number of nitrogens with zero attached hydrogens (tertiary/aromatic N) is 3. The standard InChI is InChI=1S/C23H26FN5O2S/c1-16(17-2-6-19(24)7-3-17)27-23(30)18-4-8-20(9-5-18)28-32(31)21-10-11-22(26-14-21)29-13-12-25-15-29/h2-3,6-7,10-16,18,20,28H,4-5,8-9H2,1H3,(H,27,30)/t16-,18?,20?,32?/m1/s1. The third-order valence-electron chi connectivity index (χ3n) is 5.80. The highest BCUT2D eigenvalue weighted by molar-refractivity contribution is 7.83. The zero-order chi connectivity index (χ0) is 22.5. The van der Waals surface area contributed by atoms with Crippen molar-refractivity contribution < 1.29 is 13.4 Å². The monoisotopic (exact) mass is 455 g/mol. The second-order valence-corrected chi connectivity index (χ2v) is 9.28. The number of pyridine rings is 1. The first-order chi connectivity index (χ1) is 15.5. The molecule has 1 aliphatic rings. The van der Waals surface area contributed by atoms with Crippen molar-refractivity contribution in [1.29, 1.82) is 0 Å². The number of hydrogen-bond acceptors (Lipinski definition) is 4. The number of amides is 1. The Hall–Kier alpha value is -2.91. The number of benzene rings is 1. The lowest BCUT2D eigenvalue weighted by molar-refractivity contribution is -0.126. The number of rotatable bonds is 7. The van der Waals surface area contributed by atoms with Crippen LogP contribution in [-0.2, 0) is 15.8 Å². The van der Waals surface area contributed by atoms with Gasteiger partial charge in [-0.1, -0.05) is 12.1 Å². The second kappa shape index (κ2) is 10.1. The zero-order valence-corrected chi connectivity index (χ0v) is 18.6. The van der Waals surface area contributed by atoms with E-state index in [1.807, 2.05) is 6.92 Å². The minimum atomic E-state index is -1.36. The van der Waals surface area contributed by atoms with E-state index in [2.05, 4.69) is 20.0 Å². The van der Waals surface area contributed by atoms with Crippen LogP contribution < -0.4 is 10.0 Å². The van der Waals surface area contributed by atoms with Crippen LogP contribution in [0.25, 0.3) is 5.82 Å². The molecule has 9 heteroatoms. The molecule has 1 fully saturated rings. The van der Waals surface area contributed by atoms with Gasteiger partial charge >= 0.3 is 0 Å². The summed E-state index contributed by atoms with van der Waals surface area (Å²) in [5, 5.41) is 3.03. The van der Waals surface area contributed by atoms with E-state index in [1.165, 1.54) is 12.1 Å². The van der Waals surface area contributed by atoms with Crippen molar-refractivity contribution >= 4 is 16.9 Å². The van der Waals surface area contributed by atoms with Crippen LogP contribution in [0.2, 0.25) is 0 Å². The average Bonchev–Trinajstić information content (AvgIpc) is 3.35. The molecule has 2 aromatic heterocycles. The van der Waals surface area contributed by atoms with Gasteiger partial charge in [0.05, 0.1) is 10.9 Å². The van der Waals surface area contributed by atoms with Crippen molar-refractivity contribution in [2.45, 2.75) is 49.6 Å². The van der Waals surface area contributed by atoms with Crippen LogP contribution in [0.4, 0.5) is 4.39 Å². The van der Waals surface area contributed by atoms with Gasteiger partial charge in [-0.15, -0.1) is 0 Å². The van der Waals surface area contributed by atoms with Crippen molar-refractivity contribution in [2.75, 3.05) is 0 Å². The second-order valence-electron chi connectivity index (χ2n) is 8.04. The van der Waals surface area contributed by atoms with E-state index in [1.54, 1.807) is 53.8 Å². The number of nitrogens with one attached hydrogen (secondary N) is 2. The molecule has 32 heavy (non-hydrogen) atoms. The topological polar surface area (TPSA) is 88.9 Å². The molecular weight excluding hydrogens is 429 g/mol. The van der Waals surface area contributed by atoms with Crippen LogP contribution in [0.1, 0.15) is 44.2 Å². The van der Waals surface area contributed by atoms with Crippen LogP contribution in [0.15, 0.2) is 66.2 Å². The molecule has 1 unspecified atom stereocenters. The largest absolute Gasteiger partial charge is 0.349 e. The van der Waals surface area contributed by atoms with E-state index in [9.17, 15) is 13.4 Å². The molecule has 0 aliphatic heterocycles. The molecule has 4 rings (SSSR count). The number of hydrogen-bond donors (Lipinski definition) is 2. The van der Waals surface area contributed by atoms with Gasteiger partial charge in [0.25, 0.3) is 0 Å². The first kappa shape index (κ1) is 22.3. The molecule has 0 saturated heterocycles. The van der Waals surface area contributed by atoms with Gasteiger partial charge in [-0.05, 0) is 62.4 Å². The molecule has 0 radical (unpaired) electrons. The minimum absolute atomic E-state index is 0.0145. The molecule has 3 aromatic rings. The highest BCUT2D eigenvalue weighted by Gasteiger charge is 2.28. The molecule has 1 aliphatic carbocycles. The molecule has 2 N–H and O–H groups in total. The normalized spacial score (nSPS) is 20.4. The maximum Gasteiger partial charge on any atom is 0.223 e. The lowest BCUT2D eigenvalue weighted by Crippen LogP contribution is -2.39. The Balaban J connectivity index is 1.25. The first-order valence-corrected chi connectivity index (χ1v) is 11.8. The Morgan fingerprint density at radius 1 is 1.16 bits per heavy atom. The molecule has 0 spiro atoms. The average molecular weight is 456 g/mol. The Labute approximate surface area is 189 Å². The summed E-state index contributed by atoms with van der Waals surface area (Å²) in [6.07, 6.45) is 9.75. The molecule has 1 aromatic carbocycles. The van der Waals surface area contributed by atoms with Gasteiger partial charge in [0, 0.05) is 30.6 Å². The molecule has 7 nitrogen and oxygen atoms in total. The predicted octanol–water partition coefficient (Wildman–Crippen LogP) is 3.45. The van der Waals surface area contributed by atoms with Crippen LogP contribution in [-0.4, -0.2) is 30.7 Å². The molecule has 1 saturated carbocycles. The van der Waals surface area contributed by atoms with Crippen molar-refractivity contribution in [3.05, 3.63) is 72.7 Å². The summed E-state index contributed by atoms with van der Waals surface area (Å²) >= 11 is 0. The number of imidazole rings is 1. The molecule has 0 bridgehead atoms. The summed E-state index contributed by atoms with van der Waals surface area (Å²) < 4.78 is 30.7. The maximum atomic E-state index is 13.1. The predicted molar refractivity (Wildman–Crippen MR) is 120 cm³/mol. The van der Waals surface area contributed by atoms with Gasteiger partial charge in [0.15, 0.2) is 0 Å². The summed E-state index contributed by atoms with van der Waals surface area (Å²) in [5.41, 5.74) is 0.873. The summed E-state index contributed by atoms with van der Waals surface area (Å²) in [6, 6.07) is 9.68. The molecule has 2 heterocycles. The molecule has 1 amide bonds. The fraction of sp³-hybridized carbons (Fsp3) is 0.348. The Morgan fingerprint density at radius 3 is 2.53 bits per heavy atom. The van der Waals surface area contributed by atoms with Crippen LogP contribution in [0.5, 0.6) is 0 Å². The number of halogens is 1. The minimum Gasteiger partial charge on any atom is -0.349 e. The lowest BCUT2D eigenvalue weighted by atomic mass is 9.85. The van der Waals surface area contributed by atoms with Crippen molar-refractivity contribution in [3.63, 3.8) is 0 Å². The highest BCUT2D eigenvalue weighted by Crippen LogP contribution is 2.26. The van der Waals surface area contributed by atoms with Crippen molar-refractivity contribution in [3.8, 4) is 5.82 Å². The van der Waals surface area contributed by atoms with Crippen molar-refractivity contribution in [2.24, 2.45) is 5.92 Å². The number of carbonyl (C=O) groups is 1. The summed E-state index contributed by atoms with van der Waals surface area (Å²) in [5.74, 6) is 0.367. The Morgan fingerprint density at radius 2 is 1.91 bits per heavy atom. The zero-order valence-electron chi connectivity index (χ0n) is 17.8. The van der Waals surface area contributed by atoms with Crippen LogP contribution >= 0.6 is 0 Å². The number of aromatic nitrogens is 3. The van der Waals surface area contributed by atoms with Crippen molar-refractivity contribution in [1.82, 2.24) is 24.6 Å². The smallest absolute Gasteiger partial charge is 0.223 e. The molecule has 168 valence electrons. The fourth-order valence-corrected chi connectivity index (χ4v) is 4.90. The quantitative estimate of drug-likeness (QED) is 0.571. The molecular formula is C23H26FN5O2S. The van der Waals surface area contributed by atoms with Gasteiger partial charge in [-0.2, -0.15) is 0 Å². The first-order valence-electron chi connectivity index (χ1n) is 10.7. The van der Waals surface area contributed by atoms with E-state index in [-0.39, 0.29) is 29.7 Å². The summed E-state index contributed by atoms with van der Waals surface area (Å²) in [6.45, 7) is 1.90. The van der Waals surface area contributed by atoms with Gasteiger partial charge in [0.1, 0.15) is 28.9 Å². The van der Waals surface area contributed by atoms with E-state index in [0.29, 0.717) is 10.7 Å². The van der Waals surface area contributed by atoms with E-state index in [4.69, 9.17) is 0 Å². The number of carbonyl (C=O) groups excluding carboxylic acids is 1. The van der Waals surface area contributed by atoms with Gasteiger partial charge in [0.2, 0.25) is 5.91 Å². The van der Waals surface area contributed by atoms with E-state index >= 15 is 0 Å². The lowest BCUT2D eigenvalue weighted by Gasteiger charge is -2.29. The highest BCUT2D eigenvalue weighted by atomic mass is 32.2. The van der Waals surface area contributed by atoms with Gasteiger partial charge in [-0.25, -0.2) is 23.3 Å². The SMILES string of the molecule is C[C@@H](NC(=O)C1CCC(NS(=O)c2ccc(-n3ccnc3)nc2)CC1)c1ccc(F)cc1. The van der Waals surface area contributed by atoms with E-state index < -0.39 is 11.0 Å². The van der Waals surface area contributed by atoms with Crippen LogP contribution in [0.3, 0.4) is 0 Å². The maximum absolute atomic E-state index is 13.1. The summed E-state index contributed by atoms with van der Waals surface area (Å²) in [4.78, 5) is 21.6. The molecule has 2 atom stereocenters. The Kier molecular flexibility index (Phi) is 7.06. The Bertz CT molecular complexity index is 1050. The third kappa shape index (κ3) is 5.46. The van der Waals surface area contributed by atoms with Crippen LogP contribution in [0, 0.1) is 11.7 Å².